The second-order valence-corrected chi connectivity index (χ2v) is 8.13. The fourth-order valence-corrected chi connectivity index (χ4v) is 4.64. The second-order valence-electron chi connectivity index (χ2n) is 8.13. The van der Waals surface area contributed by atoms with Crippen LogP contribution in [0, 0.1) is 20.8 Å². The normalized spacial score (nSPS) is 15.4. The number of aromatic nitrogens is 4. The van der Waals surface area contributed by atoms with Gasteiger partial charge in [-0.3, -0.25) is 0 Å². The third-order valence-corrected chi connectivity index (χ3v) is 6.05. The number of hydrogen-bond acceptors (Lipinski definition) is 2. The number of pyridine rings is 1. The van der Waals surface area contributed by atoms with Crippen molar-refractivity contribution in [3.05, 3.63) is 58.7 Å². The van der Waals surface area contributed by atoms with Crippen LogP contribution in [0.5, 0.6) is 0 Å². The molecule has 138 valence electrons. The van der Waals surface area contributed by atoms with E-state index < -0.39 is 0 Å². The Labute approximate surface area is 159 Å². The van der Waals surface area contributed by atoms with Crippen LogP contribution in [0.1, 0.15) is 59.9 Å². The van der Waals surface area contributed by atoms with Gasteiger partial charge in [-0.2, -0.15) is 0 Å². The summed E-state index contributed by atoms with van der Waals surface area (Å²) in [5.41, 5.74) is 8.21. The van der Waals surface area contributed by atoms with Gasteiger partial charge in [-0.25, -0.2) is 9.97 Å². The molecule has 0 bridgehead atoms. The summed E-state index contributed by atoms with van der Waals surface area (Å²) in [6, 6.07) is 11.2. The largest absolute Gasteiger partial charge is 0.358 e. The van der Waals surface area contributed by atoms with E-state index in [9.17, 15) is 0 Å². The van der Waals surface area contributed by atoms with Crippen molar-refractivity contribution in [2.75, 3.05) is 0 Å². The first-order chi connectivity index (χ1) is 13.1. The highest BCUT2D eigenvalue weighted by molar-refractivity contribution is 5.81. The van der Waals surface area contributed by atoms with Crippen molar-refractivity contribution >= 4 is 22.1 Å². The zero-order chi connectivity index (χ0) is 18.5. The van der Waals surface area contributed by atoms with E-state index in [1.807, 2.05) is 0 Å². The second kappa shape index (κ2) is 6.22. The van der Waals surface area contributed by atoms with Gasteiger partial charge in [0, 0.05) is 16.9 Å². The van der Waals surface area contributed by atoms with Gasteiger partial charge in [-0.1, -0.05) is 18.9 Å². The molecule has 4 nitrogen and oxygen atoms in total. The number of nitrogens with zero attached hydrogens (tertiary/aromatic N) is 3. The van der Waals surface area contributed by atoms with E-state index in [2.05, 4.69) is 60.7 Å². The number of fused-ring (bicyclic) bond motifs is 2. The predicted octanol–water partition coefficient (Wildman–Crippen LogP) is 5.54. The molecule has 1 aliphatic rings. The van der Waals surface area contributed by atoms with Crippen LogP contribution >= 0.6 is 0 Å². The first-order valence-electron chi connectivity index (χ1n) is 10.0. The number of imidazole rings is 1. The van der Waals surface area contributed by atoms with Gasteiger partial charge in [-0.05, 0) is 80.3 Å². The first kappa shape index (κ1) is 16.5. The molecule has 0 amide bonds. The average molecular weight is 358 g/mol. The molecule has 1 saturated carbocycles. The van der Waals surface area contributed by atoms with Crippen LogP contribution < -0.4 is 0 Å². The Bertz CT molecular complexity index is 1140. The number of aryl methyl sites for hydroxylation is 3. The number of nitrogens with one attached hydrogen (secondary N) is 1. The molecule has 0 atom stereocenters. The van der Waals surface area contributed by atoms with Crippen LogP contribution in [0.15, 0.2) is 30.3 Å². The third-order valence-electron chi connectivity index (χ3n) is 6.05. The van der Waals surface area contributed by atoms with Gasteiger partial charge in [0.05, 0.1) is 6.54 Å². The number of aromatic amines is 1. The van der Waals surface area contributed by atoms with Crippen molar-refractivity contribution in [2.45, 2.75) is 58.9 Å². The van der Waals surface area contributed by atoms with Crippen LogP contribution in [0.3, 0.4) is 0 Å². The summed E-state index contributed by atoms with van der Waals surface area (Å²) in [7, 11) is 0. The fraction of sp³-hybridized carbons (Fsp3) is 0.391. The van der Waals surface area contributed by atoms with Gasteiger partial charge in [0.2, 0.25) is 0 Å². The SMILES string of the molecule is Cc1cc(C)c2nc(C)n(Cc3ccc4[nH]c(C5CCCC5)cc4c3)c2n1. The Morgan fingerprint density at radius 3 is 2.67 bits per heavy atom. The van der Waals surface area contributed by atoms with Crippen LogP contribution in [0.4, 0.5) is 0 Å². The fourth-order valence-electron chi connectivity index (χ4n) is 4.64. The van der Waals surface area contributed by atoms with Gasteiger partial charge < -0.3 is 9.55 Å². The summed E-state index contributed by atoms with van der Waals surface area (Å²) in [6.45, 7) is 7.04. The van der Waals surface area contributed by atoms with E-state index in [0.29, 0.717) is 0 Å². The summed E-state index contributed by atoms with van der Waals surface area (Å²) >= 11 is 0. The maximum atomic E-state index is 4.77. The van der Waals surface area contributed by atoms with Gasteiger partial charge in [0.1, 0.15) is 11.3 Å². The molecular formula is C23H26N4. The Kier molecular flexibility index (Phi) is 3.81. The van der Waals surface area contributed by atoms with Gasteiger partial charge in [-0.15, -0.1) is 0 Å². The molecule has 4 heteroatoms. The summed E-state index contributed by atoms with van der Waals surface area (Å²) < 4.78 is 2.24. The van der Waals surface area contributed by atoms with Crippen molar-refractivity contribution in [3.63, 3.8) is 0 Å². The summed E-state index contributed by atoms with van der Waals surface area (Å²) in [4.78, 5) is 13.2. The van der Waals surface area contributed by atoms with Crippen molar-refractivity contribution in [1.29, 1.82) is 0 Å². The van der Waals surface area contributed by atoms with E-state index in [0.717, 1.165) is 35.1 Å². The Balaban J connectivity index is 1.53. The maximum absolute atomic E-state index is 4.77. The van der Waals surface area contributed by atoms with Crippen molar-refractivity contribution in [2.24, 2.45) is 0 Å². The van der Waals surface area contributed by atoms with Gasteiger partial charge in [0.25, 0.3) is 0 Å². The molecule has 0 spiro atoms. The lowest BCUT2D eigenvalue weighted by Crippen LogP contribution is -2.03. The molecule has 1 aromatic carbocycles. The van der Waals surface area contributed by atoms with E-state index in [1.165, 1.54) is 53.4 Å². The van der Waals surface area contributed by atoms with Crippen LogP contribution in [0.25, 0.3) is 22.1 Å². The molecule has 0 saturated heterocycles. The molecule has 0 unspecified atom stereocenters. The molecular weight excluding hydrogens is 332 g/mol. The Morgan fingerprint density at radius 2 is 1.85 bits per heavy atom. The number of hydrogen-bond donors (Lipinski definition) is 1. The van der Waals surface area contributed by atoms with Crippen LogP contribution in [-0.4, -0.2) is 19.5 Å². The molecule has 3 aromatic heterocycles. The average Bonchev–Trinajstić information content (AvgIpc) is 3.35. The molecule has 1 N–H and O–H groups in total. The molecule has 5 rings (SSSR count). The topological polar surface area (TPSA) is 46.5 Å². The zero-order valence-corrected chi connectivity index (χ0v) is 16.3. The third kappa shape index (κ3) is 2.84. The van der Waals surface area contributed by atoms with Gasteiger partial charge in [0.15, 0.2) is 5.65 Å². The molecule has 27 heavy (non-hydrogen) atoms. The van der Waals surface area contributed by atoms with Gasteiger partial charge >= 0.3 is 0 Å². The van der Waals surface area contributed by atoms with E-state index in [-0.39, 0.29) is 0 Å². The van der Waals surface area contributed by atoms with Crippen LogP contribution in [-0.2, 0) is 6.54 Å². The van der Waals surface area contributed by atoms with E-state index >= 15 is 0 Å². The number of benzene rings is 1. The minimum Gasteiger partial charge on any atom is -0.358 e. The summed E-state index contributed by atoms with van der Waals surface area (Å²) in [6.07, 6.45) is 5.38. The van der Waals surface area contributed by atoms with E-state index in [1.54, 1.807) is 0 Å². The molecule has 4 aromatic rings. The monoisotopic (exact) mass is 358 g/mol. The Hall–Kier alpha value is -2.62. The highest BCUT2D eigenvalue weighted by Gasteiger charge is 2.19. The highest BCUT2D eigenvalue weighted by Crippen LogP contribution is 2.35. The zero-order valence-electron chi connectivity index (χ0n) is 16.3. The van der Waals surface area contributed by atoms with E-state index in [4.69, 9.17) is 9.97 Å². The van der Waals surface area contributed by atoms with Crippen LogP contribution in [0.2, 0.25) is 0 Å². The minimum absolute atomic E-state index is 0.718. The lowest BCUT2D eigenvalue weighted by Gasteiger charge is -2.07. The summed E-state index contributed by atoms with van der Waals surface area (Å²) in [5.74, 6) is 1.74. The molecule has 0 radical (unpaired) electrons. The first-order valence-corrected chi connectivity index (χ1v) is 10.0. The van der Waals surface area contributed by atoms with Crippen molar-refractivity contribution < 1.29 is 0 Å². The molecule has 0 aliphatic heterocycles. The lowest BCUT2D eigenvalue weighted by molar-refractivity contribution is 0.705. The predicted molar refractivity (Wildman–Crippen MR) is 110 cm³/mol. The smallest absolute Gasteiger partial charge is 0.160 e. The van der Waals surface area contributed by atoms with Crippen molar-refractivity contribution in [3.8, 4) is 0 Å². The number of rotatable bonds is 3. The number of H-pyrrole nitrogens is 1. The standard InChI is InChI=1S/C23H26N4/c1-14-10-15(2)24-23-22(14)25-16(3)27(23)13-17-8-9-20-19(11-17)12-21(26-20)18-6-4-5-7-18/h8-12,18,26H,4-7,13H2,1-3H3. The molecule has 1 fully saturated rings. The minimum atomic E-state index is 0.718. The van der Waals surface area contributed by atoms with Crippen molar-refractivity contribution in [1.82, 2.24) is 19.5 Å². The Morgan fingerprint density at radius 1 is 1.04 bits per heavy atom. The maximum Gasteiger partial charge on any atom is 0.160 e. The molecule has 3 heterocycles. The quantitative estimate of drug-likeness (QED) is 0.522. The highest BCUT2D eigenvalue weighted by atomic mass is 15.1. The lowest BCUT2D eigenvalue weighted by atomic mass is 10.0. The summed E-state index contributed by atoms with van der Waals surface area (Å²) in [5, 5.41) is 1.32. The molecule has 1 aliphatic carbocycles.